The predicted molar refractivity (Wildman–Crippen MR) is 125 cm³/mol. The Kier molecular flexibility index (Phi) is 5.60. The molecule has 6 heteroatoms. The summed E-state index contributed by atoms with van der Waals surface area (Å²) in [5, 5.41) is 4.35. The highest BCUT2D eigenvalue weighted by Gasteiger charge is 2.30. The molecule has 6 nitrogen and oxygen atoms in total. The summed E-state index contributed by atoms with van der Waals surface area (Å²) in [7, 11) is 1.87. The second-order valence-electron chi connectivity index (χ2n) is 8.15. The molecule has 0 spiro atoms. The number of aromatic nitrogens is 3. The first-order chi connectivity index (χ1) is 15.7. The standard InChI is InChI=1S/C26H27N5O/c1-28-25(30-14-8-9-15-30)23(20-27-28)26(32)31-18-16-29(17-19-31)24(21-10-4-2-5-11-21)22-12-6-3-7-13-22/h2-15,20,24H,16-19H2,1H3. The van der Waals surface area contributed by atoms with Gasteiger partial charge in [0, 0.05) is 45.6 Å². The molecule has 1 aliphatic heterocycles. The van der Waals surface area contributed by atoms with Crippen molar-refractivity contribution >= 4 is 5.91 Å². The fraction of sp³-hybridized carbons (Fsp3) is 0.231. The lowest BCUT2D eigenvalue weighted by atomic mass is 9.96. The normalized spacial score (nSPS) is 14.8. The third kappa shape index (κ3) is 3.85. The minimum absolute atomic E-state index is 0.0393. The molecule has 32 heavy (non-hydrogen) atoms. The largest absolute Gasteiger partial charge is 0.336 e. The van der Waals surface area contributed by atoms with Crippen LogP contribution in [0, 0.1) is 0 Å². The van der Waals surface area contributed by atoms with Crippen molar-refractivity contribution in [3.05, 3.63) is 108 Å². The van der Waals surface area contributed by atoms with Gasteiger partial charge in [0.15, 0.2) is 0 Å². The van der Waals surface area contributed by atoms with Crippen LogP contribution in [0.2, 0.25) is 0 Å². The summed E-state index contributed by atoms with van der Waals surface area (Å²) < 4.78 is 3.70. The van der Waals surface area contributed by atoms with Crippen molar-refractivity contribution < 1.29 is 4.79 Å². The molecule has 0 unspecified atom stereocenters. The Balaban J connectivity index is 1.35. The van der Waals surface area contributed by atoms with Gasteiger partial charge in [0.2, 0.25) is 0 Å². The summed E-state index contributed by atoms with van der Waals surface area (Å²) in [6.07, 6.45) is 5.56. The predicted octanol–water partition coefficient (Wildman–Crippen LogP) is 3.76. The van der Waals surface area contributed by atoms with Gasteiger partial charge in [-0.15, -0.1) is 0 Å². The molecule has 0 saturated carbocycles. The molecule has 0 aliphatic carbocycles. The Morgan fingerprint density at radius 2 is 1.38 bits per heavy atom. The molecule has 162 valence electrons. The van der Waals surface area contributed by atoms with E-state index in [4.69, 9.17) is 0 Å². The number of carbonyl (C=O) groups is 1. The van der Waals surface area contributed by atoms with Crippen molar-refractivity contribution in [1.29, 1.82) is 0 Å². The van der Waals surface area contributed by atoms with Gasteiger partial charge in [-0.3, -0.25) is 14.4 Å². The Hall–Kier alpha value is -3.64. The van der Waals surface area contributed by atoms with Crippen LogP contribution in [0.15, 0.2) is 91.4 Å². The quantitative estimate of drug-likeness (QED) is 0.489. The zero-order chi connectivity index (χ0) is 21.9. The Morgan fingerprint density at radius 3 is 1.94 bits per heavy atom. The van der Waals surface area contributed by atoms with Crippen LogP contribution in [0.4, 0.5) is 0 Å². The average molecular weight is 426 g/mol. The summed E-state index contributed by atoms with van der Waals surface area (Å²) in [6.45, 7) is 3.02. The first-order valence-electron chi connectivity index (χ1n) is 11.0. The Bertz CT molecular complexity index is 1120. The Morgan fingerprint density at radius 1 is 0.812 bits per heavy atom. The minimum Gasteiger partial charge on any atom is -0.336 e. The maximum Gasteiger partial charge on any atom is 0.259 e. The van der Waals surface area contributed by atoms with E-state index in [0.717, 1.165) is 18.9 Å². The van der Waals surface area contributed by atoms with Crippen LogP contribution >= 0.6 is 0 Å². The monoisotopic (exact) mass is 425 g/mol. The van der Waals surface area contributed by atoms with E-state index in [1.54, 1.807) is 10.9 Å². The molecular weight excluding hydrogens is 398 g/mol. The highest BCUT2D eigenvalue weighted by atomic mass is 16.2. The van der Waals surface area contributed by atoms with E-state index in [9.17, 15) is 4.79 Å². The van der Waals surface area contributed by atoms with E-state index in [0.29, 0.717) is 18.7 Å². The fourth-order valence-electron chi connectivity index (χ4n) is 4.60. The number of nitrogens with zero attached hydrogens (tertiary/aromatic N) is 5. The maximum atomic E-state index is 13.4. The molecule has 3 heterocycles. The van der Waals surface area contributed by atoms with Gasteiger partial charge in [0.1, 0.15) is 11.4 Å². The maximum absolute atomic E-state index is 13.4. The molecule has 1 aliphatic rings. The molecule has 0 radical (unpaired) electrons. The van der Waals surface area contributed by atoms with Gasteiger partial charge in [-0.2, -0.15) is 5.10 Å². The van der Waals surface area contributed by atoms with Crippen LogP contribution in [-0.2, 0) is 7.05 Å². The first-order valence-corrected chi connectivity index (χ1v) is 11.0. The topological polar surface area (TPSA) is 46.3 Å². The third-order valence-electron chi connectivity index (χ3n) is 6.18. The molecule has 2 aromatic heterocycles. The van der Waals surface area contributed by atoms with E-state index >= 15 is 0 Å². The van der Waals surface area contributed by atoms with Crippen LogP contribution in [0.5, 0.6) is 0 Å². The molecule has 1 amide bonds. The second kappa shape index (κ2) is 8.85. The molecule has 0 N–H and O–H groups in total. The smallest absolute Gasteiger partial charge is 0.259 e. The van der Waals surface area contributed by atoms with E-state index in [2.05, 4.69) is 70.7 Å². The molecule has 1 saturated heterocycles. The molecule has 0 atom stereocenters. The molecule has 4 aromatic rings. The minimum atomic E-state index is 0.0393. The van der Waals surface area contributed by atoms with Crippen molar-refractivity contribution in [3.8, 4) is 5.82 Å². The van der Waals surface area contributed by atoms with Crippen LogP contribution < -0.4 is 0 Å². The number of piperazine rings is 1. The Labute approximate surface area is 188 Å². The SMILES string of the molecule is Cn1ncc(C(=O)N2CCN(C(c3ccccc3)c3ccccc3)CC2)c1-n1cccc1. The fourth-order valence-corrected chi connectivity index (χ4v) is 4.60. The third-order valence-corrected chi connectivity index (χ3v) is 6.18. The van der Waals surface area contributed by atoms with Gasteiger partial charge in [0.25, 0.3) is 5.91 Å². The highest BCUT2D eigenvalue weighted by Crippen LogP contribution is 2.30. The number of carbonyl (C=O) groups excluding carboxylic acids is 1. The summed E-state index contributed by atoms with van der Waals surface area (Å²) in [6, 6.07) is 25.3. The van der Waals surface area contributed by atoms with E-state index < -0.39 is 0 Å². The number of rotatable bonds is 5. The average Bonchev–Trinajstić information content (AvgIpc) is 3.50. The molecule has 2 aromatic carbocycles. The van der Waals surface area contributed by atoms with Crippen molar-refractivity contribution in [1.82, 2.24) is 24.1 Å². The number of hydrogen-bond acceptors (Lipinski definition) is 3. The molecule has 5 rings (SSSR count). The van der Waals surface area contributed by atoms with E-state index in [1.165, 1.54) is 11.1 Å². The number of aryl methyl sites for hydroxylation is 1. The zero-order valence-corrected chi connectivity index (χ0v) is 18.2. The molecule has 0 bridgehead atoms. The van der Waals surface area contributed by atoms with Crippen molar-refractivity contribution in [2.75, 3.05) is 26.2 Å². The zero-order valence-electron chi connectivity index (χ0n) is 18.2. The number of amides is 1. The summed E-state index contributed by atoms with van der Waals surface area (Å²) in [5.41, 5.74) is 3.20. The number of hydrogen-bond donors (Lipinski definition) is 0. The van der Waals surface area contributed by atoms with Crippen LogP contribution in [-0.4, -0.2) is 56.2 Å². The highest BCUT2D eigenvalue weighted by molar-refractivity contribution is 5.97. The van der Waals surface area contributed by atoms with Gasteiger partial charge in [-0.1, -0.05) is 60.7 Å². The summed E-state index contributed by atoms with van der Waals surface area (Å²) >= 11 is 0. The first kappa shape index (κ1) is 20.3. The van der Waals surface area contributed by atoms with E-state index in [-0.39, 0.29) is 11.9 Å². The lowest BCUT2D eigenvalue weighted by molar-refractivity contribution is 0.0597. The van der Waals surface area contributed by atoms with Crippen molar-refractivity contribution in [3.63, 3.8) is 0 Å². The number of benzene rings is 2. The molecular formula is C26H27N5O. The second-order valence-corrected chi connectivity index (χ2v) is 8.15. The van der Waals surface area contributed by atoms with E-state index in [1.807, 2.05) is 41.0 Å². The van der Waals surface area contributed by atoms with Crippen LogP contribution in [0.25, 0.3) is 5.82 Å². The van der Waals surface area contributed by atoms with Gasteiger partial charge in [-0.05, 0) is 23.3 Å². The van der Waals surface area contributed by atoms with Crippen molar-refractivity contribution in [2.24, 2.45) is 7.05 Å². The van der Waals surface area contributed by atoms with Crippen LogP contribution in [0.1, 0.15) is 27.5 Å². The van der Waals surface area contributed by atoms with Crippen molar-refractivity contribution in [2.45, 2.75) is 6.04 Å². The molecule has 1 fully saturated rings. The summed E-state index contributed by atoms with van der Waals surface area (Å²) in [4.78, 5) is 17.8. The lowest BCUT2D eigenvalue weighted by Crippen LogP contribution is -2.50. The van der Waals surface area contributed by atoms with Gasteiger partial charge in [-0.25, -0.2) is 0 Å². The van der Waals surface area contributed by atoms with Gasteiger partial charge < -0.3 is 9.47 Å². The van der Waals surface area contributed by atoms with Crippen LogP contribution in [0.3, 0.4) is 0 Å². The summed E-state index contributed by atoms with van der Waals surface area (Å²) in [5.74, 6) is 0.839. The lowest BCUT2D eigenvalue weighted by Gasteiger charge is -2.39. The van der Waals surface area contributed by atoms with Gasteiger partial charge in [0.05, 0.1) is 12.2 Å². The van der Waals surface area contributed by atoms with Gasteiger partial charge >= 0.3 is 0 Å².